The number of aromatic nitrogens is 4. The lowest BCUT2D eigenvalue weighted by atomic mass is 10.1. The van der Waals surface area contributed by atoms with E-state index < -0.39 is 0 Å². The van der Waals surface area contributed by atoms with E-state index in [1.807, 2.05) is 19.9 Å². The van der Waals surface area contributed by atoms with Crippen LogP contribution in [0.3, 0.4) is 0 Å². The summed E-state index contributed by atoms with van der Waals surface area (Å²) in [5.74, 6) is 0.336. The van der Waals surface area contributed by atoms with Crippen LogP contribution in [-0.4, -0.2) is 37.7 Å². The first-order chi connectivity index (χ1) is 13.5. The van der Waals surface area contributed by atoms with Crippen LogP contribution in [0.2, 0.25) is 0 Å². The van der Waals surface area contributed by atoms with Crippen LogP contribution in [0.25, 0.3) is 5.82 Å². The minimum atomic E-state index is -0.319. The molecule has 3 N–H and O–H groups in total. The average Bonchev–Trinajstić information content (AvgIpc) is 3.20. The molecule has 0 aliphatic rings. The maximum atomic E-state index is 12.5. The number of carbonyl (C=O) groups excluding carboxylic acids is 2. The Kier molecular flexibility index (Phi) is 5.95. The van der Waals surface area contributed by atoms with E-state index in [2.05, 4.69) is 31.0 Å². The number of benzene rings is 1. The zero-order chi connectivity index (χ0) is 19.9. The van der Waals surface area contributed by atoms with E-state index >= 15 is 0 Å². The molecular formula is C19H21N7O2. The number of amides is 3. The molecule has 3 rings (SSSR count). The summed E-state index contributed by atoms with van der Waals surface area (Å²) in [5, 5.41) is 12.4. The van der Waals surface area contributed by atoms with Crippen molar-refractivity contribution in [3.63, 3.8) is 0 Å². The quantitative estimate of drug-likeness (QED) is 0.607. The second-order valence-electron chi connectivity index (χ2n) is 6.34. The molecular weight excluding hydrogens is 358 g/mol. The lowest BCUT2D eigenvalue weighted by molar-refractivity contribution is 0.0951. The molecule has 0 unspecified atom stereocenters. The van der Waals surface area contributed by atoms with Crippen molar-refractivity contribution in [1.82, 2.24) is 30.4 Å². The summed E-state index contributed by atoms with van der Waals surface area (Å²) in [6.45, 7) is 4.01. The molecule has 28 heavy (non-hydrogen) atoms. The molecule has 0 radical (unpaired) electrons. The van der Waals surface area contributed by atoms with Crippen LogP contribution in [0.4, 0.5) is 10.5 Å². The number of pyridine rings is 1. The van der Waals surface area contributed by atoms with Gasteiger partial charge in [0.05, 0.1) is 0 Å². The van der Waals surface area contributed by atoms with Gasteiger partial charge in [-0.1, -0.05) is 12.1 Å². The minimum absolute atomic E-state index is 0.0187. The van der Waals surface area contributed by atoms with Crippen LogP contribution in [0, 0.1) is 0 Å². The van der Waals surface area contributed by atoms with Gasteiger partial charge in [0.25, 0.3) is 5.91 Å². The number of hydrogen-bond donors (Lipinski definition) is 3. The molecule has 0 spiro atoms. The van der Waals surface area contributed by atoms with Crippen molar-refractivity contribution >= 4 is 17.6 Å². The fourth-order valence-electron chi connectivity index (χ4n) is 2.54. The summed E-state index contributed by atoms with van der Waals surface area (Å²) < 4.78 is 1.54. The highest BCUT2D eigenvalue weighted by Crippen LogP contribution is 2.12. The fourth-order valence-corrected chi connectivity index (χ4v) is 2.54. The third-order valence-electron chi connectivity index (χ3n) is 3.75. The number of carbonyl (C=O) groups is 2. The molecule has 3 aromatic rings. The number of anilines is 1. The molecule has 1 aromatic carbocycles. The van der Waals surface area contributed by atoms with Gasteiger partial charge in [0.2, 0.25) is 0 Å². The lowest BCUT2D eigenvalue weighted by Crippen LogP contribution is -2.34. The lowest BCUT2D eigenvalue weighted by Gasteiger charge is -2.12. The number of rotatable bonds is 6. The van der Waals surface area contributed by atoms with E-state index in [0.29, 0.717) is 17.1 Å². The first-order valence-corrected chi connectivity index (χ1v) is 8.77. The van der Waals surface area contributed by atoms with Gasteiger partial charge in [-0.2, -0.15) is 5.10 Å². The monoisotopic (exact) mass is 379 g/mol. The summed E-state index contributed by atoms with van der Waals surface area (Å²) in [6, 6.07) is 10.1. The minimum Gasteiger partial charge on any atom is -0.348 e. The molecule has 144 valence electrons. The number of nitrogens with zero attached hydrogens (tertiary/aromatic N) is 4. The maximum Gasteiger partial charge on any atom is 0.319 e. The van der Waals surface area contributed by atoms with Crippen LogP contribution in [0.15, 0.2) is 55.2 Å². The highest BCUT2D eigenvalue weighted by Gasteiger charge is 2.11. The average molecular weight is 379 g/mol. The van der Waals surface area contributed by atoms with E-state index in [-0.39, 0.29) is 24.5 Å². The third-order valence-corrected chi connectivity index (χ3v) is 3.75. The second-order valence-corrected chi connectivity index (χ2v) is 6.34. The Hall–Kier alpha value is -3.75. The van der Waals surface area contributed by atoms with E-state index in [9.17, 15) is 9.59 Å². The molecule has 9 nitrogen and oxygen atoms in total. The van der Waals surface area contributed by atoms with Crippen LogP contribution in [-0.2, 0) is 6.54 Å². The van der Waals surface area contributed by atoms with Crippen LogP contribution in [0.5, 0.6) is 0 Å². The molecule has 0 aliphatic heterocycles. The Morgan fingerprint density at radius 1 is 1.18 bits per heavy atom. The predicted octanol–water partition coefficient (Wildman–Crippen LogP) is 2.12. The van der Waals surface area contributed by atoms with Gasteiger partial charge in [0, 0.05) is 35.6 Å². The first-order valence-electron chi connectivity index (χ1n) is 8.77. The van der Waals surface area contributed by atoms with Crippen molar-refractivity contribution in [2.24, 2.45) is 0 Å². The Bertz CT molecular complexity index is 954. The van der Waals surface area contributed by atoms with E-state index in [1.165, 1.54) is 6.33 Å². The van der Waals surface area contributed by atoms with Crippen LogP contribution in [0.1, 0.15) is 29.8 Å². The molecule has 2 heterocycles. The second kappa shape index (κ2) is 8.76. The summed E-state index contributed by atoms with van der Waals surface area (Å²) in [7, 11) is 0. The van der Waals surface area contributed by atoms with Crippen molar-refractivity contribution in [2.45, 2.75) is 26.4 Å². The molecule has 0 bridgehead atoms. The van der Waals surface area contributed by atoms with E-state index in [0.717, 1.165) is 5.56 Å². The van der Waals surface area contributed by atoms with Gasteiger partial charge < -0.3 is 16.0 Å². The zero-order valence-corrected chi connectivity index (χ0v) is 15.6. The molecule has 9 heteroatoms. The smallest absolute Gasteiger partial charge is 0.319 e. The summed E-state index contributed by atoms with van der Waals surface area (Å²) >= 11 is 0. The van der Waals surface area contributed by atoms with Crippen LogP contribution >= 0.6 is 0 Å². The van der Waals surface area contributed by atoms with Gasteiger partial charge >= 0.3 is 6.03 Å². The van der Waals surface area contributed by atoms with Gasteiger partial charge in [-0.3, -0.25) is 4.79 Å². The highest BCUT2D eigenvalue weighted by molar-refractivity contribution is 5.96. The van der Waals surface area contributed by atoms with Crippen molar-refractivity contribution in [1.29, 1.82) is 0 Å². The number of urea groups is 1. The SMILES string of the molecule is CC(C)NC(=O)Nc1cccc(C(=O)NCc2cccnc2-n2cncn2)c1. The van der Waals surface area contributed by atoms with Gasteiger partial charge in [0.1, 0.15) is 12.7 Å². The number of hydrogen-bond acceptors (Lipinski definition) is 5. The van der Waals surface area contributed by atoms with Crippen molar-refractivity contribution in [3.05, 3.63) is 66.4 Å². The van der Waals surface area contributed by atoms with Crippen molar-refractivity contribution < 1.29 is 9.59 Å². The molecule has 3 amide bonds. The Labute approximate surface area is 162 Å². The first kappa shape index (κ1) is 19.0. The van der Waals surface area contributed by atoms with Gasteiger partial charge in [-0.15, -0.1) is 0 Å². The molecule has 0 atom stereocenters. The predicted molar refractivity (Wildman–Crippen MR) is 104 cm³/mol. The molecule has 0 fully saturated rings. The topological polar surface area (TPSA) is 114 Å². The van der Waals surface area contributed by atoms with Crippen LogP contribution < -0.4 is 16.0 Å². The van der Waals surface area contributed by atoms with E-state index in [4.69, 9.17) is 0 Å². The van der Waals surface area contributed by atoms with E-state index in [1.54, 1.807) is 47.5 Å². The van der Waals surface area contributed by atoms with Crippen molar-refractivity contribution in [2.75, 3.05) is 5.32 Å². The largest absolute Gasteiger partial charge is 0.348 e. The summed E-state index contributed by atoms with van der Waals surface area (Å²) in [6.07, 6.45) is 4.62. The maximum absolute atomic E-state index is 12.5. The standard InChI is InChI=1S/C19H21N7O2/c1-13(2)24-19(28)25-16-7-3-5-14(9-16)18(27)22-10-15-6-4-8-21-17(15)26-12-20-11-23-26/h3-9,11-13H,10H2,1-2H3,(H,22,27)(H2,24,25,28). The number of nitrogens with one attached hydrogen (secondary N) is 3. The Morgan fingerprint density at radius 2 is 2.04 bits per heavy atom. The van der Waals surface area contributed by atoms with Gasteiger partial charge in [-0.25, -0.2) is 19.4 Å². The fraction of sp³-hybridized carbons (Fsp3) is 0.211. The highest BCUT2D eigenvalue weighted by atomic mass is 16.2. The Balaban J connectivity index is 1.66. The zero-order valence-electron chi connectivity index (χ0n) is 15.6. The molecule has 0 aliphatic carbocycles. The van der Waals surface area contributed by atoms with Gasteiger partial charge in [0.15, 0.2) is 5.82 Å². The summed E-state index contributed by atoms with van der Waals surface area (Å²) in [5.41, 5.74) is 1.77. The molecule has 0 saturated carbocycles. The molecule has 0 saturated heterocycles. The summed E-state index contributed by atoms with van der Waals surface area (Å²) in [4.78, 5) is 32.6. The third kappa shape index (κ3) is 4.91. The molecule has 2 aromatic heterocycles. The van der Waals surface area contributed by atoms with Gasteiger partial charge in [-0.05, 0) is 38.1 Å². The normalized spacial score (nSPS) is 10.5. The Morgan fingerprint density at radius 3 is 2.79 bits per heavy atom. The van der Waals surface area contributed by atoms with Crippen molar-refractivity contribution in [3.8, 4) is 5.82 Å².